The van der Waals surface area contributed by atoms with E-state index < -0.39 is 0 Å². The number of amides is 3. The number of carbonyl (C=O) groups is 2. The van der Waals surface area contributed by atoms with Gasteiger partial charge >= 0.3 is 6.03 Å². The molecule has 0 bridgehead atoms. The molecule has 0 unspecified atom stereocenters. The molecule has 0 spiro atoms. The van der Waals surface area contributed by atoms with Gasteiger partial charge in [-0.2, -0.15) is 0 Å². The average molecular weight is 355 g/mol. The third kappa shape index (κ3) is 6.12. The van der Waals surface area contributed by atoms with Crippen LogP contribution in [0, 0.1) is 0 Å². The van der Waals surface area contributed by atoms with Crippen molar-refractivity contribution in [1.29, 1.82) is 0 Å². The molecule has 138 valence electrons. The van der Waals surface area contributed by atoms with Gasteiger partial charge in [0.15, 0.2) is 0 Å². The van der Waals surface area contributed by atoms with Gasteiger partial charge in [-0.1, -0.05) is 31.2 Å². The molecule has 0 aromatic heterocycles. The number of benzene rings is 2. The Kier molecular flexibility index (Phi) is 7.49. The Morgan fingerprint density at radius 1 is 0.923 bits per heavy atom. The van der Waals surface area contributed by atoms with Gasteiger partial charge in [0.1, 0.15) is 5.75 Å². The molecular formula is C20H25N3O3. The van der Waals surface area contributed by atoms with E-state index in [1.165, 1.54) is 0 Å². The Morgan fingerprint density at radius 2 is 1.58 bits per heavy atom. The minimum atomic E-state index is -0.176. The maximum Gasteiger partial charge on any atom is 0.315 e. The van der Waals surface area contributed by atoms with Gasteiger partial charge in [-0.25, -0.2) is 4.79 Å². The summed E-state index contributed by atoms with van der Waals surface area (Å²) in [5.74, 6) is 0.569. The first-order valence-corrected chi connectivity index (χ1v) is 8.64. The third-order valence-electron chi connectivity index (χ3n) is 3.79. The molecule has 0 aliphatic heterocycles. The predicted molar refractivity (Wildman–Crippen MR) is 101 cm³/mol. The second-order valence-electron chi connectivity index (χ2n) is 5.84. The number of carbonyl (C=O) groups excluding carboxylic acids is 2. The number of hydrogen-bond acceptors (Lipinski definition) is 3. The highest BCUT2D eigenvalue weighted by atomic mass is 16.5. The summed E-state index contributed by atoms with van der Waals surface area (Å²) in [5.41, 5.74) is 2.53. The van der Waals surface area contributed by atoms with Crippen LogP contribution in [0.4, 0.5) is 4.79 Å². The van der Waals surface area contributed by atoms with Crippen LogP contribution in [0.1, 0.15) is 34.8 Å². The topological polar surface area (TPSA) is 79.5 Å². The lowest BCUT2D eigenvalue weighted by Gasteiger charge is -2.09. The quantitative estimate of drug-likeness (QED) is 0.681. The lowest BCUT2D eigenvalue weighted by molar-refractivity contribution is 0.0951. The number of ether oxygens (including phenoxy) is 1. The number of rotatable bonds is 8. The Labute approximate surface area is 153 Å². The van der Waals surface area contributed by atoms with Crippen molar-refractivity contribution < 1.29 is 14.3 Å². The standard InChI is InChI=1S/C20H25N3O3/c1-3-11-21-20(25)23-14-16-6-4-5-15(12-16)13-22-19(24)17-7-9-18(26-2)10-8-17/h4-10,12H,3,11,13-14H2,1-2H3,(H,22,24)(H2,21,23,25). The van der Waals surface area contributed by atoms with Crippen molar-refractivity contribution in [1.82, 2.24) is 16.0 Å². The van der Waals surface area contributed by atoms with Crippen molar-refractivity contribution in [2.45, 2.75) is 26.4 Å². The molecule has 0 saturated heterocycles. The van der Waals surface area contributed by atoms with Crippen LogP contribution >= 0.6 is 0 Å². The Hall–Kier alpha value is -3.02. The van der Waals surface area contributed by atoms with Gasteiger partial charge in [-0.05, 0) is 41.8 Å². The van der Waals surface area contributed by atoms with Crippen LogP contribution < -0.4 is 20.7 Å². The van der Waals surface area contributed by atoms with Crippen LogP contribution in [-0.4, -0.2) is 25.6 Å². The highest BCUT2D eigenvalue weighted by molar-refractivity contribution is 5.94. The van der Waals surface area contributed by atoms with Crippen molar-refractivity contribution in [2.75, 3.05) is 13.7 Å². The van der Waals surface area contributed by atoms with Crippen molar-refractivity contribution in [3.8, 4) is 5.75 Å². The van der Waals surface area contributed by atoms with Crippen molar-refractivity contribution in [2.24, 2.45) is 0 Å². The largest absolute Gasteiger partial charge is 0.497 e. The first-order chi connectivity index (χ1) is 12.6. The first-order valence-electron chi connectivity index (χ1n) is 8.64. The highest BCUT2D eigenvalue weighted by Gasteiger charge is 2.06. The van der Waals surface area contributed by atoms with Crippen molar-refractivity contribution in [3.63, 3.8) is 0 Å². The van der Waals surface area contributed by atoms with Gasteiger partial charge in [-0.3, -0.25) is 4.79 Å². The Balaban J connectivity index is 1.85. The summed E-state index contributed by atoms with van der Waals surface area (Å²) in [6.45, 7) is 3.52. The van der Waals surface area contributed by atoms with Crippen LogP contribution in [-0.2, 0) is 13.1 Å². The van der Waals surface area contributed by atoms with E-state index in [0.717, 1.165) is 17.5 Å². The summed E-state index contributed by atoms with van der Waals surface area (Å²) in [5, 5.41) is 8.47. The minimum Gasteiger partial charge on any atom is -0.497 e. The van der Waals surface area contributed by atoms with E-state index in [4.69, 9.17) is 4.74 Å². The zero-order valence-electron chi connectivity index (χ0n) is 15.2. The van der Waals surface area contributed by atoms with Crippen LogP contribution in [0.3, 0.4) is 0 Å². The normalized spacial score (nSPS) is 10.1. The van der Waals surface area contributed by atoms with E-state index in [1.807, 2.05) is 31.2 Å². The molecule has 0 aliphatic carbocycles. The van der Waals surface area contributed by atoms with Gasteiger partial charge in [0.05, 0.1) is 7.11 Å². The molecule has 2 aromatic carbocycles. The summed E-state index contributed by atoms with van der Waals surface area (Å²) >= 11 is 0. The SMILES string of the molecule is CCCNC(=O)NCc1cccc(CNC(=O)c2ccc(OC)cc2)c1. The second kappa shape index (κ2) is 10.1. The molecule has 3 N–H and O–H groups in total. The summed E-state index contributed by atoms with van der Waals surface area (Å²) in [4.78, 5) is 23.8. The molecule has 6 heteroatoms. The number of nitrogens with one attached hydrogen (secondary N) is 3. The first kappa shape index (κ1) is 19.3. The van der Waals surface area contributed by atoms with E-state index in [1.54, 1.807) is 31.4 Å². The number of urea groups is 1. The minimum absolute atomic E-state index is 0.143. The molecule has 2 rings (SSSR count). The molecular weight excluding hydrogens is 330 g/mol. The summed E-state index contributed by atoms with van der Waals surface area (Å²) in [7, 11) is 1.59. The van der Waals surface area contributed by atoms with Gasteiger partial charge in [-0.15, -0.1) is 0 Å². The molecule has 0 radical (unpaired) electrons. The summed E-state index contributed by atoms with van der Waals surface area (Å²) < 4.78 is 5.09. The molecule has 0 atom stereocenters. The number of methoxy groups -OCH3 is 1. The fourth-order valence-electron chi connectivity index (χ4n) is 2.36. The Morgan fingerprint density at radius 3 is 2.19 bits per heavy atom. The zero-order valence-corrected chi connectivity index (χ0v) is 15.2. The molecule has 0 heterocycles. The van der Waals surface area contributed by atoms with Crippen LogP contribution in [0.15, 0.2) is 48.5 Å². The maximum atomic E-state index is 12.2. The maximum absolute atomic E-state index is 12.2. The lowest BCUT2D eigenvalue weighted by atomic mass is 10.1. The van der Waals surface area contributed by atoms with Gasteiger partial charge in [0, 0.05) is 25.2 Å². The van der Waals surface area contributed by atoms with E-state index in [-0.39, 0.29) is 11.9 Å². The zero-order chi connectivity index (χ0) is 18.8. The second-order valence-corrected chi connectivity index (χ2v) is 5.84. The van der Waals surface area contributed by atoms with Crippen molar-refractivity contribution in [3.05, 3.63) is 65.2 Å². The van der Waals surface area contributed by atoms with E-state index in [2.05, 4.69) is 16.0 Å². The third-order valence-corrected chi connectivity index (χ3v) is 3.79. The lowest BCUT2D eigenvalue weighted by Crippen LogP contribution is -2.35. The Bertz CT molecular complexity index is 729. The molecule has 3 amide bonds. The van der Waals surface area contributed by atoms with Crippen LogP contribution in [0.2, 0.25) is 0 Å². The smallest absolute Gasteiger partial charge is 0.315 e. The van der Waals surface area contributed by atoms with Crippen LogP contribution in [0.25, 0.3) is 0 Å². The van der Waals surface area contributed by atoms with Crippen molar-refractivity contribution >= 4 is 11.9 Å². The summed E-state index contributed by atoms with van der Waals surface area (Å²) in [6.07, 6.45) is 0.900. The number of hydrogen-bond donors (Lipinski definition) is 3. The molecule has 6 nitrogen and oxygen atoms in total. The monoisotopic (exact) mass is 355 g/mol. The van der Waals surface area contributed by atoms with E-state index in [9.17, 15) is 9.59 Å². The van der Waals surface area contributed by atoms with Gasteiger partial charge in [0.2, 0.25) is 0 Å². The summed E-state index contributed by atoms with van der Waals surface area (Å²) in [6, 6.07) is 14.5. The predicted octanol–water partition coefficient (Wildman–Crippen LogP) is 2.83. The average Bonchev–Trinajstić information content (AvgIpc) is 2.69. The molecule has 0 saturated carbocycles. The van der Waals surface area contributed by atoms with Gasteiger partial charge < -0.3 is 20.7 Å². The van der Waals surface area contributed by atoms with Crippen LogP contribution in [0.5, 0.6) is 5.75 Å². The molecule has 0 aliphatic rings. The molecule has 2 aromatic rings. The fraction of sp³-hybridized carbons (Fsp3) is 0.300. The van der Waals surface area contributed by atoms with E-state index >= 15 is 0 Å². The molecule has 26 heavy (non-hydrogen) atoms. The fourth-order valence-corrected chi connectivity index (χ4v) is 2.36. The highest BCUT2D eigenvalue weighted by Crippen LogP contribution is 2.11. The van der Waals surface area contributed by atoms with E-state index in [0.29, 0.717) is 30.9 Å². The van der Waals surface area contributed by atoms with Gasteiger partial charge in [0.25, 0.3) is 5.91 Å². The molecule has 0 fully saturated rings.